The van der Waals surface area contributed by atoms with E-state index in [-0.39, 0.29) is 5.78 Å². The molecule has 0 spiro atoms. The molecule has 3 rings (SSSR count). The van der Waals surface area contributed by atoms with Crippen molar-refractivity contribution >= 4 is 29.4 Å². The first-order chi connectivity index (χ1) is 12.6. The minimum absolute atomic E-state index is 0.161. The Bertz CT molecular complexity index is 945. The Morgan fingerprint density at radius 1 is 0.769 bits per heavy atom. The lowest BCUT2D eigenvalue weighted by Crippen LogP contribution is -2.08. The summed E-state index contributed by atoms with van der Waals surface area (Å²) in [5.74, 6) is -0.223. The maximum Gasteiger partial charge on any atom is 0.343 e. The number of carbonyl (C=O) groups is 2. The molecular weight excluding hydrogens is 348 g/mol. The van der Waals surface area contributed by atoms with Crippen LogP contribution in [0.5, 0.6) is 5.75 Å². The summed E-state index contributed by atoms with van der Waals surface area (Å²) in [6.45, 7) is 0. The van der Waals surface area contributed by atoms with Gasteiger partial charge in [-0.05, 0) is 60.2 Å². The highest BCUT2D eigenvalue weighted by Crippen LogP contribution is 2.18. The molecule has 3 aromatic rings. The smallest absolute Gasteiger partial charge is 0.343 e. The highest BCUT2D eigenvalue weighted by molar-refractivity contribution is 6.32. The molecule has 0 atom stereocenters. The SMILES string of the molecule is O=C(/C=C/c1ccccc1Cl)c1ccc(OC(=O)c2ccccc2)cc1. The summed E-state index contributed by atoms with van der Waals surface area (Å²) in [5.41, 5.74) is 1.74. The third-order valence-electron chi connectivity index (χ3n) is 3.68. The number of allylic oxidation sites excluding steroid dienone is 1. The lowest BCUT2D eigenvalue weighted by Gasteiger charge is -2.05. The van der Waals surface area contributed by atoms with E-state index in [1.807, 2.05) is 24.3 Å². The van der Waals surface area contributed by atoms with Gasteiger partial charge in [-0.3, -0.25) is 4.79 Å². The standard InChI is InChI=1S/C22H15ClO3/c23-20-9-5-4-6-16(20)12-15-21(24)17-10-13-19(14-11-17)26-22(25)18-7-2-1-3-8-18/h1-15H/b15-12+. The predicted octanol–water partition coefficient (Wildman–Crippen LogP) is 5.46. The minimum Gasteiger partial charge on any atom is -0.423 e. The van der Waals surface area contributed by atoms with Crippen molar-refractivity contribution in [1.29, 1.82) is 0 Å². The second-order valence-electron chi connectivity index (χ2n) is 5.50. The van der Waals surface area contributed by atoms with E-state index in [0.717, 1.165) is 5.56 Å². The monoisotopic (exact) mass is 362 g/mol. The van der Waals surface area contributed by atoms with Crippen LogP contribution in [-0.4, -0.2) is 11.8 Å². The summed E-state index contributed by atoms with van der Waals surface area (Å²) < 4.78 is 5.29. The third kappa shape index (κ3) is 4.47. The van der Waals surface area contributed by atoms with Crippen LogP contribution < -0.4 is 4.74 Å². The fourth-order valence-corrected chi connectivity index (χ4v) is 2.50. The normalized spacial score (nSPS) is 10.7. The first-order valence-corrected chi connectivity index (χ1v) is 8.35. The van der Waals surface area contributed by atoms with E-state index in [1.54, 1.807) is 60.7 Å². The first kappa shape index (κ1) is 17.6. The van der Waals surface area contributed by atoms with Gasteiger partial charge in [0.25, 0.3) is 0 Å². The summed E-state index contributed by atoms with van der Waals surface area (Å²) in [6, 6.07) is 22.4. The van der Waals surface area contributed by atoms with Gasteiger partial charge in [-0.15, -0.1) is 0 Å². The molecule has 0 radical (unpaired) electrons. The number of ether oxygens (including phenoxy) is 1. The molecule has 0 saturated carbocycles. The molecule has 0 aliphatic carbocycles. The Morgan fingerprint density at radius 2 is 1.42 bits per heavy atom. The van der Waals surface area contributed by atoms with E-state index >= 15 is 0 Å². The fraction of sp³-hybridized carbons (Fsp3) is 0. The molecular formula is C22H15ClO3. The average molecular weight is 363 g/mol. The second kappa shape index (κ2) is 8.28. The van der Waals surface area contributed by atoms with Gasteiger partial charge in [-0.2, -0.15) is 0 Å². The molecule has 0 fully saturated rings. The summed E-state index contributed by atoms with van der Waals surface area (Å²) in [5, 5.41) is 0.583. The van der Waals surface area contributed by atoms with Crippen molar-refractivity contribution in [2.75, 3.05) is 0 Å². The number of benzene rings is 3. The largest absolute Gasteiger partial charge is 0.423 e. The van der Waals surface area contributed by atoms with Gasteiger partial charge >= 0.3 is 5.97 Å². The Kier molecular flexibility index (Phi) is 5.62. The van der Waals surface area contributed by atoms with Crippen LogP contribution in [0.4, 0.5) is 0 Å². The van der Waals surface area contributed by atoms with Gasteiger partial charge < -0.3 is 4.74 Å². The average Bonchev–Trinajstić information content (AvgIpc) is 2.68. The number of halogens is 1. The zero-order chi connectivity index (χ0) is 18.4. The highest BCUT2D eigenvalue weighted by atomic mass is 35.5. The molecule has 0 unspecified atom stereocenters. The van der Waals surface area contributed by atoms with E-state index in [0.29, 0.717) is 21.9 Å². The van der Waals surface area contributed by atoms with Gasteiger partial charge in [0.2, 0.25) is 0 Å². The molecule has 0 amide bonds. The summed E-state index contributed by atoms with van der Waals surface area (Å²) in [7, 11) is 0. The van der Waals surface area contributed by atoms with Gasteiger partial charge in [-0.25, -0.2) is 4.79 Å². The van der Waals surface area contributed by atoms with Crippen molar-refractivity contribution in [2.45, 2.75) is 0 Å². The topological polar surface area (TPSA) is 43.4 Å². The van der Waals surface area contributed by atoms with Crippen LogP contribution >= 0.6 is 11.6 Å². The van der Waals surface area contributed by atoms with Crippen molar-refractivity contribution in [1.82, 2.24) is 0 Å². The molecule has 0 aliphatic heterocycles. The molecule has 0 saturated heterocycles. The quantitative estimate of drug-likeness (QED) is 0.262. The summed E-state index contributed by atoms with van der Waals surface area (Å²) >= 11 is 6.06. The van der Waals surface area contributed by atoms with Crippen LogP contribution in [0.15, 0.2) is 84.9 Å². The van der Waals surface area contributed by atoms with Gasteiger partial charge in [0.15, 0.2) is 5.78 Å². The lowest BCUT2D eigenvalue weighted by molar-refractivity contribution is 0.0734. The van der Waals surface area contributed by atoms with E-state index < -0.39 is 5.97 Å². The number of carbonyl (C=O) groups excluding carboxylic acids is 2. The maximum atomic E-state index is 12.2. The zero-order valence-electron chi connectivity index (χ0n) is 13.8. The van der Waals surface area contributed by atoms with E-state index in [9.17, 15) is 9.59 Å². The predicted molar refractivity (Wildman–Crippen MR) is 103 cm³/mol. The van der Waals surface area contributed by atoms with Crippen LogP contribution in [0.3, 0.4) is 0 Å². The molecule has 128 valence electrons. The zero-order valence-corrected chi connectivity index (χ0v) is 14.5. The van der Waals surface area contributed by atoms with Gasteiger partial charge in [0.05, 0.1) is 5.56 Å². The van der Waals surface area contributed by atoms with E-state index in [2.05, 4.69) is 0 Å². The van der Waals surface area contributed by atoms with E-state index in [1.165, 1.54) is 6.08 Å². The summed E-state index contributed by atoms with van der Waals surface area (Å²) in [6.07, 6.45) is 3.14. The molecule has 3 nitrogen and oxygen atoms in total. The van der Waals surface area contributed by atoms with Crippen molar-refractivity contribution in [2.24, 2.45) is 0 Å². The number of hydrogen-bond acceptors (Lipinski definition) is 3. The molecule has 0 aromatic heterocycles. The van der Waals surface area contributed by atoms with Crippen LogP contribution in [0.1, 0.15) is 26.3 Å². The molecule has 3 aromatic carbocycles. The molecule has 0 N–H and O–H groups in total. The fourth-order valence-electron chi connectivity index (χ4n) is 2.30. The van der Waals surface area contributed by atoms with Crippen molar-refractivity contribution in [3.05, 3.63) is 107 Å². The lowest BCUT2D eigenvalue weighted by atomic mass is 10.1. The van der Waals surface area contributed by atoms with Crippen LogP contribution in [0, 0.1) is 0 Å². The number of hydrogen-bond donors (Lipinski definition) is 0. The van der Waals surface area contributed by atoms with Gasteiger partial charge in [0.1, 0.15) is 5.75 Å². The van der Waals surface area contributed by atoms with Crippen LogP contribution in [0.25, 0.3) is 6.08 Å². The summed E-state index contributed by atoms with van der Waals surface area (Å²) in [4.78, 5) is 24.3. The second-order valence-corrected chi connectivity index (χ2v) is 5.91. The van der Waals surface area contributed by atoms with Crippen LogP contribution in [0.2, 0.25) is 5.02 Å². The van der Waals surface area contributed by atoms with Crippen molar-refractivity contribution in [3.8, 4) is 5.75 Å². The van der Waals surface area contributed by atoms with Crippen LogP contribution in [-0.2, 0) is 0 Å². The van der Waals surface area contributed by atoms with E-state index in [4.69, 9.17) is 16.3 Å². The number of ketones is 1. The highest BCUT2D eigenvalue weighted by Gasteiger charge is 2.08. The Morgan fingerprint density at radius 3 is 2.12 bits per heavy atom. The third-order valence-corrected chi connectivity index (χ3v) is 4.02. The molecule has 4 heteroatoms. The molecule has 0 aliphatic rings. The van der Waals surface area contributed by atoms with Gasteiger partial charge in [0, 0.05) is 10.6 Å². The Balaban J connectivity index is 1.66. The van der Waals surface area contributed by atoms with Crippen molar-refractivity contribution < 1.29 is 14.3 Å². The first-order valence-electron chi connectivity index (χ1n) is 7.98. The molecule has 0 heterocycles. The maximum absolute atomic E-state index is 12.2. The Labute approximate surface area is 156 Å². The number of rotatable bonds is 5. The molecule has 26 heavy (non-hydrogen) atoms. The number of esters is 1. The Hall–Kier alpha value is -3.17. The van der Waals surface area contributed by atoms with Gasteiger partial charge in [-0.1, -0.05) is 48.0 Å². The van der Waals surface area contributed by atoms with Crippen molar-refractivity contribution in [3.63, 3.8) is 0 Å². The molecule has 0 bridgehead atoms. The minimum atomic E-state index is -0.441.